The minimum atomic E-state index is -3.35. The molecule has 1 aromatic rings. The van der Waals surface area contributed by atoms with Gasteiger partial charge in [-0.2, -0.15) is 16.1 Å². The molecule has 1 aromatic heterocycles. The van der Waals surface area contributed by atoms with Gasteiger partial charge in [0.25, 0.3) is 0 Å². The number of thioether (sulfide) groups is 1. The van der Waals surface area contributed by atoms with Crippen LogP contribution in [-0.2, 0) is 15.9 Å². The van der Waals surface area contributed by atoms with Gasteiger partial charge in [-0.3, -0.25) is 0 Å². The van der Waals surface area contributed by atoms with Crippen LogP contribution < -0.4 is 0 Å². The van der Waals surface area contributed by atoms with E-state index in [1.807, 2.05) is 11.8 Å². The summed E-state index contributed by atoms with van der Waals surface area (Å²) in [5, 5.41) is 1.68. The average Bonchev–Trinajstić information content (AvgIpc) is 2.76. The third-order valence-corrected chi connectivity index (χ3v) is 7.44. The summed E-state index contributed by atoms with van der Waals surface area (Å²) in [5.74, 6) is 1.21. The van der Waals surface area contributed by atoms with Crippen molar-refractivity contribution in [3.05, 3.63) is 16.3 Å². The number of sulfonamides is 1. The molecule has 0 saturated carbocycles. The summed E-state index contributed by atoms with van der Waals surface area (Å²) in [6.07, 6.45) is 0. The monoisotopic (exact) mass is 325 g/mol. The molecule has 2 heterocycles. The Morgan fingerprint density at radius 3 is 2.78 bits per heavy atom. The van der Waals surface area contributed by atoms with E-state index in [1.165, 1.54) is 11.3 Å². The van der Waals surface area contributed by atoms with Crippen LogP contribution in [0.4, 0.5) is 0 Å². The molecule has 2 rings (SSSR count). The summed E-state index contributed by atoms with van der Waals surface area (Å²) in [6, 6.07) is 1.68. The number of hydrogen-bond acceptors (Lipinski definition) is 4. The van der Waals surface area contributed by atoms with Crippen LogP contribution in [0.25, 0.3) is 0 Å². The first-order chi connectivity index (χ1) is 8.35. The van der Waals surface area contributed by atoms with Gasteiger partial charge in [0.1, 0.15) is 0 Å². The number of alkyl halides is 1. The zero-order valence-electron chi connectivity index (χ0n) is 10.3. The molecule has 1 fully saturated rings. The van der Waals surface area contributed by atoms with Crippen molar-refractivity contribution >= 4 is 44.7 Å². The molecule has 1 saturated heterocycles. The van der Waals surface area contributed by atoms with Gasteiger partial charge in [0.2, 0.25) is 10.0 Å². The summed E-state index contributed by atoms with van der Waals surface area (Å²) in [4.78, 5) is 1.27. The standard InChI is InChI=1S/C11H16ClNO2S3/c1-11(2)8-13(3-4-17-11)18(14,15)10-5-9(6-12)16-7-10/h5,7H,3-4,6,8H2,1-2H3. The van der Waals surface area contributed by atoms with Gasteiger partial charge >= 0.3 is 0 Å². The Balaban J connectivity index is 2.25. The molecule has 0 aromatic carbocycles. The fourth-order valence-electron chi connectivity index (χ4n) is 1.89. The molecule has 3 nitrogen and oxygen atoms in total. The normalized spacial score (nSPS) is 21.1. The van der Waals surface area contributed by atoms with Crippen LogP contribution in [0.2, 0.25) is 0 Å². The molecule has 7 heteroatoms. The predicted octanol–water partition coefficient (Wildman–Crippen LogP) is 3.00. The van der Waals surface area contributed by atoms with E-state index in [1.54, 1.807) is 15.8 Å². The van der Waals surface area contributed by atoms with E-state index < -0.39 is 10.0 Å². The number of thiophene rings is 1. The van der Waals surface area contributed by atoms with Gasteiger partial charge in [-0.1, -0.05) is 0 Å². The van der Waals surface area contributed by atoms with Gasteiger partial charge < -0.3 is 0 Å². The van der Waals surface area contributed by atoms with E-state index in [0.29, 0.717) is 23.9 Å². The Morgan fingerprint density at radius 1 is 1.50 bits per heavy atom. The first-order valence-electron chi connectivity index (χ1n) is 5.63. The second-order valence-corrected chi connectivity index (χ2v) is 9.83. The predicted molar refractivity (Wildman–Crippen MR) is 79.2 cm³/mol. The second kappa shape index (κ2) is 5.32. The average molecular weight is 326 g/mol. The molecule has 0 aliphatic carbocycles. The molecular weight excluding hydrogens is 310 g/mol. The zero-order chi connectivity index (χ0) is 13.4. The van der Waals surface area contributed by atoms with Gasteiger partial charge in [-0.15, -0.1) is 22.9 Å². The minimum absolute atomic E-state index is 0.0172. The van der Waals surface area contributed by atoms with Crippen LogP contribution in [0.3, 0.4) is 0 Å². The topological polar surface area (TPSA) is 37.4 Å². The Kier molecular flexibility index (Phi) is 4.33. The van der Waals surface area contributed by atoms with Crippen molar-refractivity contribution in [2.24, 2.45) is 0 Å². The Bertz CT molecular complexity index is 524. The van der Waals surface area contributed by atoms with E-state index in [0.717, 1.165) is 10.6 Å². The Morgan fingerprint density at radius 2 is 2.22 bits per heavy atom. The number of halogens is 1. The maximum atomic E-state index is 12.5. The second-order valence-electron chi connectivity index (χ2n) is 4.83. The summed E-state index contributed by atoms with van der Waals surface area (Å²) < 4.78 is 26.5. The number of rotatable bonds is 3. The molecule has 0 amide bonds. The molecule has 0 spiro atoms. The maximum Gasteiger partial charge on any atom is 0.243 e. The smallest absolute Gasteiger partial charge is 0.207 e. The summed E-state index contributed by atoms with van der Waals surface area (Å²) in [5.41, 5.74) is 0. The lowest BCUT2D eigenvalue weighted by Gasteiger charge is -2.36. The Labute approximate surface area is 122 Å². The van der Waals surface area contributed by atoms with Crippen molar-refractivity contribution in [2.75, 3.05) is 18.8 Å². The van der Waals surface area contributed by atoms with E-state index in [4.69, 9.17) is 11.6 Å². The van der Waals surface area contributed by atoms with Gasteiger partial charge in [0.05, 0.1) is 10.8 Å². The van der Waals surface area contributed by atoms with Crippen LogP contribution in [-0.4, -0.2) is 36.3 Å². The highest BCUT2D eigenvalue weighted by Crippen LogP contribution is 2.33. The van der Waals surface area contributed by atoms with Gasteiger partial charge in [-0.05, 0) is 19.9 Å². The largest absolute Gasteiger partial charge is 0.243 e. The lowest BCUT2D eigenvalue weighted by atomic mass is 10.2. The van der Waals surface area contributed by atoms with Crippen LogP contribution >= 0.6 is 34.7 Å². The molecule has 102 valence electrons. The van der Waals surface area contributed by atoms with E-state index in [2.05, 4.69) is 13.8 Å². The molecule has 1 aliphatic heterocycles. The third-order valence-electron chi connectivity index (χ3n) is 2.79. The van der Waals surface area contributed by atoms with Crippen molar-refractivity contribution < 1.29 is 8.42 Å². The highest BCUT2D eigenvalue weighted by atomic mass is 35.5. The fourth-order valence-corrected chi connectivity index (χ4v) is 6.18. The fraction of sp³-hybridized carbons (Fsp3) is 0.636. The van der Waals surface area contributed by atoms with Crippen molar-refractivity contribution in [1.29, 1.82) is 0 Å². The van der Waals surface area contributed by atoms with E-state index in [9.17, 15) is 8.42 Å². The molecule has 0 bridgehead atoms. The lowest BCUT2D eigenvalue weighted by molar-refractivity contribution is 0.387. The van der Waals surface area contributed by atoms with Crippen molar-refractivity contribution in [3.63, 3.8) is 0 Å². The molecule has 1 aliphatic rings. The van der Waals surface area contributed by atoms with Crippen molar-refractivity contribution in [2.45, 2.75) is 29.4 Å². The first kappa shape index (κ1) is 14.7. The van der Waals surface area contributed by atoms with Crippen LogP contribution in [0.1, 0.15) is 18.7 Å². The van der Waals surface area contributed by atoms with E-state index >= 15 is 0 Å². The summed E-state index contributed by atoms with van der Waals surface area (Å²) in [6.45, 7) is 5.31. The van der Waals surface area contributed by atoms with Crippen molar-refractivity contribution in [3.8, 4) is 0 Å². The van der Waals surface area contributed by atoms with Gasteiger partial charge in [0, 0.05) is 33.8 Å². The molecule has 0 atom stereocenters. The SMILES string of the molecule is CC1(C)CN(S(=O)(=O)c2csc(CCl)c2)CCS1. The highest BCUT2D eigenvalue weighted by Gasteiger charge is 2.34. The van der Waals surface area contributed by atoms with Crippen LogP contribution in [0.5, 0.6) is 0 Å². The lowest BCUT2D eigenvalue weighted by Crippen LogP contribution is -2.45. The number of nitrogens with zero attached hydrogens (tertiary/aromatic N) is 1. The molecular formula is C11H16ClNO2S3. The quantitative estimate of drug-likeness (QED) is 0.802. The summed E-state index contributed by atoms with van der Waals surface area (Å²) in [7, 11) is -3.35. The molecule has 0 unspecified atom stereocenters. The molecule has 0 radical (unpaired) electrons. The zero-order valence-corrected chi connectivity index (χ0v) is 13.6. The minimum Gasteiger partial charge on any atom is -0.207 e. The van der Waals surface area contributed by atoms with E-state index in [-0.39, 0.29) is 4.75 Å². The first-order valence-corrected chi connectivity index (χ1v) is 9.47. The number of hydrogen-bond donors (Lipinski definition) is 0. The molecule has 18 heavy (non-hydrogen) atoms. The van der Waals surface area contributed by atoms with Crippen LogP contribution in [0, 0.1) is 0 Å². The summed E-state index contributed by atoms with van der Waals surface area (Å²) >= 11 is 8.94. The van der Waals surface area contributed by atoms with Crippen molar-refractivity contribution in [1.82, 2.24) is 4.31 Å². The molecule has 0 N–H and O–H groups in total. The Hall–Kier alpha value is 0.250. The van der Waals surface area contributed by atoms with Gasteiger partial charge in [0.15, 0.2) is 0 Å². The van der Waals surface area contributed by atoms with Gasteiger partial charge in [-0.25, -0.2) is 8.42 Å². The van der Waals surface area contributed by atoms with Crippen LogP contribution in [0.15, 0.2) is 16.3 Å². The highest BCUT2D eigenvalue weighted by molar-refractivity contribution is 8.00. The third kappa shape index (κ3) is 3.04. The maximum absolute atomic E-state index is 12.5.